The van der Waals surface area contributed by atoms with Crippen LogP contribution in [0.15, 0.2) is 36.4 Å². The fourth-order valence-corrected chi connectivity index (χ4v) is 2.86. The van der Waals surface area contributed by atoms with Crippen molar-refractivity contribution in [3.63, 3.8) is 0 Å². The van der Waals surface area contributed by atoms with Crippen molar-refractivity contribution < 1.29 is 8.78 Å². The van der Waals surface area contributed by atoms with E-state index in [0.717, 1.165) is 11.6 Å². The lowest BCUT2D eigenvalue weighted by molar-refractivity contribution is 0.568. The van der Waals surface area contributed by atoms with Crippen LogP contribution in [0.2, 0.25) is 0 Å². The standard InChI is InChI=1S/C18H19BrF2/c1-11-9-14(16(21)10-15(11)20)17(19)12-5-7-13(8-6-12)18(2,3)4/h5-10,17H,1-4H3. The van der Waals surface area contributed by atoms with Crippen molar-refractivity contribution in [1.82, 2.24) is 0 Å². The van der Waals surface area contributed by atoms with Crippen molar-refractivity contribution in [1.29, 1.82) is 0 Å². The van der Waals surface area contributed by atoms with E-state index in [2.05, 4.69) is 48.8 Å². The third-order valence-corrected chi connectivity index (χ3v) is 4.64. The van der Waals surface area contributed by atoms with E-state index in [4.69, 9.17) is 0 Å². The Hall–Kier alpha value is -1.22. The Morgan fingerprint density at radius 1 is 0.952 bits per heavy atom. The lowest BCUT2D eigenvalue weighted by Crippen LogP contribution is -2.11. The topological polar surface area (TPSA) is 0 Å². The first-order valence-corrected chi connectivity index (χ1v) is 7.82. The Bertz CT molecular complexity index is 640. The van der Waals surface area contributed by atoms with E-state index in [1.165, 1.54) is 5.56 Å². The minimum atomic E-state index is -0.528. The van der Waals surface area contributed by atoms with Crippen molar-refractivity contribution in [2.75, 3.05) is 0 Å². The maximum absolute atomic E-state index is 14.0. The number of halogens is 3. The molecule has 0 spiro atoms. The first-order valence-electron chi connectivity index (χ1n) is 6.90. The van der Waals surface area contributed by atoms with E-state index in [0.29, 0.717) is 11.1 Å². The van der Waals surface area contributed by atoms with Gasteiger partial charge in [0, 0.05) is 11.6 Å². The summed E-state index contributed by atoms with van der Waals surface area (Å²) in [7, 11) is 0. The molecule has 0 nitrogen and oxygen atoms in total. The summed E-state index contributed by atoms with van der Waals surface area (Å²) in [6.07, 6.45) is 0. The smallest absolute Gasteiger partial charge is 0.130 e. The average Bonchev–Trinajstić information content (AvgIpc) is 2.41. The van der Waals surface area contributed by atoms with Crippen LogP contribution in [0.3, 0.4) is 0 Å². The van der Waals surface area contributed by atoms with Gasteiger partial charge in [0.2, 0.25) is 0 Å². The third-order valence-electron chi connectivity index (χ3n) is 3.62. The first kappa shape index (κ1) is 16.2. The fraction of sp³-hybridized carbons (Fsp3) is 0.333. The van der Waals surface area contributed by atoms with Crippen LogP contribution in [0, 0.1) is 18.6 Å². The highest BCUT2D eigenvalue weighted by molar-refractivity contribution is 9.09. The van der Waals surface area contributed by atoms with E-state index in [-0.39, 0.29) is 10.2 Å². The molecule has 0 amide bonds. The van der Waals surface area contributed by atoms with Gasteiger partial charge in [-0.25, -0.2) is 8.78 Å². The second kappa shape index (κ2) is 5.88. The van der Waals surface area contributed by atoms with Crippen LogP contribution >= 0.6 is 15.9 Å². The molecule has 0 saturated carbocycles. The highest BCUT2D eigenvalue weighted by atomic mass is 79.9. The molecule has 0 saturated heterocycles. The molecule has 0 bridgehead atoms. The van der Waals surface area contributed by atoms with Crippen LogP contribution in [0.1, 0.15) is 47.9 Å². The molecule has 1 atom stereocenters. The van der Waals surface area contributed by atoms with Crippen LogP contribution in [0.25, 0.3) is 0 Å². The number of rotatable bonds is 2. The lowest BCUT2D eigenvalue weighted by atomic mass is 9.86. The van der Waals surface area contributed by atoms with Gasteiger partial charge in [0.1, 0.15) is 11.6 Å². The Morgan fingerprint density at radius 2 is 1.52 bits per heavy atom. The Balaban J connectivity index is 2.36. The van der Waals surface area contributed by atoms with Gasteiger partial charge in [-0.15, -0.1) is 0 Å². The second-order valence-electron chi connectivity index (χ2n) is 6.36. The molecule has 2 rings (SSSR count). The van der Waals surface area contributed by atoms with Gasteiger partial charge in [-0.3, -0.25) is 0 Å². The van der Waals surface area contributed by atoms with Crippen molar-refractivity contribution >= 4 is 15.9 Å². The lowest BCUT2D eigenvalue weighted by Gasteiger charge is -2.20. The van der Waals surface area contributed by atoms with Crippen LogP contribution < -0.4 is 0 Å². The van der Waals surface area contributed by atoms with Gasteiger partial charge in [-0.2, -0.15) is 0 Å². The molecule has 112 valence electrons. The van der Waals surface area contributed by atoms with E-state index in [1.807, 2.05) is 12.1 Å². The first-order chi connectivity index (χ1) is 9.70. The average molecular weight is 353 g/mol. The van der Waals surface area contributed by atoms with E-state index < -0.39 is 11.6 Å². The summed E-state index contributed by atoms with van der Waals surface area (Å²) in [5.41, 5.74) is 3.16. The fourth-order valence-electron chi connectivity index (χ4n) is 2.21. The number of aryl methyl sites for hydroxylation is 1. The van der Waals surface area contributed by atoms with Gasteiger partial charge in [0.25, 0.3) is 0 Å². The molecular formula is C18H19BrF2. The summed E-state index contributed by atoms with van der Waals surface area (Å²) in [6, 6.07) is 10.6. The van der Waals surface area contributed by atoms with E-state index in [1.54, 1.807) is 13.0 Å². The monoisotopic (exact) mass is 352 g/mol. The molecule has 0 aliphatic rings. The molecule has 0 fully saturated rings. The summed E-state index contributed by atoms with van der Waals surface area (Å²) in [6.45, 7) is 8.09. The summed E-state index contributed by atoms with van der Waals surface area (Å²) in [5.74, 6) is -1.04. The molecule has 0 aliphatic carbocycles. The van der Waals surface area contributed by atoms with Crippen molar-refractivity contribution in [3.8, 4) is 0 Å². The Kier molecular flexibility index (Phi) is 4.52. The Labute approximate surface area is 133 Å². The molecule has 21 heavy (non-hydrogen) atoms. The SMILES string of the molecule is Cc1cc(C(Br)c2ccc(C(C)(C)C)cc2)c(F)cc1F. The van der Waals surface area contributed by atoms with Crippen LogP contribution in [-0.2, 0) is 5.41 Å². The summed E-state index contributed by atoms with van der Waals surface area (Å²) >= 11 is 3.52. The van der Waals surface area contributed by atoms with E-state index >= 15 is 0 Å². The van der Waals surface area contributed by atoms with Gasteiger partial charge in [-0.1, -0.05) is 61.0 Å². The molecule has 2 aromatic rings. The zero-order valence-electron chi connectivity index (χ0n) is 12.7. The summed E-state index contributed by atoms with van der Waals surface area (Å²) in [5, 5.41) is 0. The number of hydrogen-bond acceptors (Lipinski definition) is 0. The largest absolute Gasteiger partial charge is 0.207 e. The normalized spacial score (nSPS) is 13.3. The minimum Gasteiger partial charge on any atom is -0.207 e. The van der Waals surface area contributed by atoms with Crippen LogP contribution in [0.5, 0.6) is 0 Å². The quantitative estimate of drug-likeness (QED) is 0.576. The van der Waals surface area contributed by atoms with Gasteiger partial charge in [-0.05, 0) is 35.1 Å². The van der Waals surface area contributed by atoms with Crippen LogP contribution in [-0.4, -0.2) is 0 Å². The molecule has 0 aromatic heterocycles. The van der Waals surface area contributed by atoms with Crippen LogP contribution in [0.4, 0.5) is 8.78 Å². The predicted octanol–water partition coefficient (Wildman–Crippen LogP) is 6.06. The molecular weight excluding hydrogens is 334 g/mol. The minimum absolute atomic E-state index is 0.0814. The van der Waals surface area contributed by atoms with E-state index in [9.17, 15) is 8.78 Å². The molecule has 1 unspecified atom stereocenters. The number of hydrogen-bond donors (Lipinski definition) is 0. The van der Waals surface area contributed by atoms with Gasteiger partial charge in [0.15, 0.2) is 0 Å². The number of benzene rings is 2. The van der Waals surface area contributed by atoms with Gasteiger partial charge in [0.05, 0.1) is 4.83 Å². The zero-order chi connectivity index (χ0) is 15.8. The predicted molar refractivity (Wildman–Crippen MR) is 87.0 cm³/mol. The Morgan fingerprint density at radius 3 is 2.05 bits per heavy atom. The highest BCUT2D eigenvalue weighted by Crippen LogP contribution is 2.34. The molecule has 0 aliphatic heterocycles. The molecule has 2 aromatic carbocycles. The summed E-state index contributed by atoms with van der Waals surface area (Å²) in [4.78, 5) is -0.286. The highest BCUT2D eigenvalue weighted by Gasteiger charge is 2.18. The van der Waals surface area contributed by atoms with Crippen molar-refractivity contribution in [2.24, 2.45) is 0 Å². The van der Waals surface area contributed by atoms with Gasteiger partial charge < -0.3 is 0 Å². The molecule has 0 heterocycles. The summed E-state index contributed by atoms with van der Waals surface area (Å²) < 4.78 is 27.3. The van der Waals surface area contributed by atoms with Crippen molar-refractivity contribution in [2.45, 2.75) is 37.9 Å². The maximum Gasteiger partial charge on any atom is 0.130 e. The van der Waals surface area contributed by atoms with Gasteiger partial charge >= 0.3 is 0 Å². The molecule has 0 radical (unpaired) electrons. The van der Waals surface area contributed by atoms with Crippen molar-refractivity contribution in [3.05, 3.63) is 70.3 Å². The maximum atomic E-state index is 14.0. The zero-order valence-corrected chi connectivity index (χ0v) is 14.3. The molecule has 0 N–H and O–H groups in total. The second-order valence-corrected chi connectivity index (χ2v) is 7.27. The number of alkyl halides is 1. The third kappa shape index (κ3) is 3.52. The molecule has 3 heteroatoms.